The van der Waals surface area contributed by atoms with Crippen molar-refractivity contribution in [3.8, 4) is 11.1 Å². The highest BCUT2D eigenvalue weighted by Crippen LogP contribution is 2.57. The highest BCUT2D eigenvalue weighted by atomic mass is 32.2. The molecule has 0 N–H and O–H groups in total. The van der Waals surface area contributed by atoms with Crippen molar-refractivity contribution in [2.45, 2.75) is 23.4 Å². The lowest BCUT2D eigenvalue weighted by molar-refractivity contribution is -0.137. The third kappa shape index (κ3) is 3.64. The number of carbonyl (C=O) groups excluding carboxylic acids is 2. The van der Waals surface area contributed by atoms with E-state index in [2.05, 4.69) is 0 Å². The first kappa shape index (κ1) is 26.0. The summed E-state index contributed by atoms with van der Waals surface area (Å²) in [6, 6.07) is 23.9. The van der Waals surface area contributed by atoms with E-state index in [-0.39, 0.29) is 10.5 Å². The van der Waals surface area contributed by atoms with Gasteiger partial charge in [-0.3, -0.25) is 9.59 Å². The highest BCUT2D eigenvalue weighted by molar-refractivity contribution is 7.89. The number of hydrogen-bond donors (Lipinski definition) is 0. The third-order valence-electron chi connectivity index (χ3n) is 7.83. The molecule has 0 bridgehead atoms. The van der Waals surface area contributed by atoms with Gasteiger partial charge in [-0.15, -0.1) is 0 Å². The molecule has 1 amide bonds. The summed E-state index contributed by atoms with van der Waals surface area (Å²) in [6.07, 6.45) is -4.69. The number of carbonyl (C=O) groups is 2. The lowest BCUT2D eigenvalue weighted by atomic mass is 9.67. The second kappa shape index (κ2) is 8.89. The van der Waals surface area contributed by atoms with E-state index in [9.17, 15) is 31.2 Å². The van der Waals surface area contributed by atoms with Crippen LogP contribution in [0.25, 0.3) is 11.1 Å². The number of Topliss-reactive ketones (excluding diaryl/α,β-unsaturated/α-hetero) is 1. The van der Waals surface area contributed by atoms with Crippen molar-refractivity contribution < 1.29 is 31.2 Å². The minimum Gasteiger partial charge on any atom is -0.294 e. The smallest absolute Gasteiger partial charge is 0.294 e. The number of hydrogen-bond acceptors (Lipinski definition) is 4. The van der Waals surface area contributed by atoms with Crippen LogP contribution in [0.15, 0.2) is 102 Å². The molecule has 5 nitrogen and oxygen atoms in total. The fourth-order valence-electron chi connectivity index (χ4n) is 5.98. The molecule has 0 aromatic heterocycles. The minimum absolute atomic E-state index is 0.117. The summed E-state index contributed by atoms with van der Waals surface area (Å²) >= 11 is 0. The molecule has 40 heavy (non-hydrogen) atoms. The summed E-state index contributed by atoms with van der Waals surface area (Å²) in [7, 11) is -4.40. The van der Waals surface area contributed by atoms with Gasteiger partial charge >= 0.3 is 6.18 Å². The van der Waals surface area contributed by atoms with Crippen molar-refractivity contribution in [1.29, 1.82) is 0 Å². The molecule has 0 saturated carbocycles. The van der Waals surface area contributed by atoms with Crippen molar-refractivity contribution in [3.05, 3.63) is 125 Å². The number of alkyl halides is 3. The van der Waals surface area contributed by atoms with Crippen LogP contribution in [0.3, 0.4) is 0 Å². The Labute approximate surface area is 228 Å². The van der Waals surface area contributed by atoms with E-state index in [1.807, 2.05) is 0 Å². The van der Waals surface area contributed by atoms with Crippen LogP contribution in [0.4, 0.5) is 13.2 Å². The molecule has 1 saturated heterocycles. The lowest BCUT2D eigenvalue weighted by Gasteiger charge is -2.30. The van der Waals surface area contributed by atoms with Gasteiger partial charge < -0.3 is 0 Å². The van der Waals surface area contributed by atoms with Gasteiger partial charge in [0.2, 0.25) is 0 Å². The maximum absolute atomic E-state index is 14.5. The molecule has 2 aliphatic rings. The van der Waals surface area contributed by atoms with Gasteiger partial charge in [-0.25, -0.2) is 12.7 Å². The van der Waals surface area contributed by atoms with E-state index >= 15 is 0 Å². The topological polar surface area (TPSA) is 71.5 Å². The number of fused-ring (bicyclic) bond motifs is 5. The van der Waals surface area contributed by atoms with Gasteiger partial charge in [-0.2, -0.15) is 13.2 Å². The number of aryl methyl sites for hydroxylation is 1. The largest absolute Gasteiger partial charge is 0.416 e. The Kier molecular flexibility index (Phi) is 5.78. The fourth-order valence-corrected chi connectivity index (χ4v) is 7.42. The molecular formula is C31H22F3NO4S. The molecule has 202 valence electrons. The van der Waals surface area contributed by atoms with Crippen molar-refractivity contribution in [3.63, 3.8) is 0 Å². The normalized spacial score (nSPS) is 17.6. The van der Waals surface area contributed by atoms with Gasteiger partial charge in [0.25, 0.3) is 15.9 Å². The van der Waals surface area contributed by atoms with Crippen molar-refractivity contribution >= 4 is 21.7 Å². The molecule has 1 unspecified atom stereocenters. The Bertz CT molecular complexity index is 1750. The molecule has 1 aliphatic carbocycles. The standard InChI is InChI=1S/C31H22F3NO4S/c1-19-13-15-22(16-14-19)40(38,39)35-18-27(28(36)20-7-6-8-21(17-20)31(32,33)34)30(29(35)37)25-11-4-2-9-23(25)24-10-3-5-12-26(24)30/h2-17,27H,18H2,1H3. The molecule has 1 fully saturated rings. The lowest BCUT2D eigenvalue weighted by Crippen LogP contribution is -2.43. The fraction of sp³-hybridized carbons (Fsp3) is 0.161. The molecule has 4 aromatic carbocycles. The van der Waals surface area contributed by atoms with E-state index in [0.29, 0.717) is 26.6 Å². The van der Waals surface area contributed by atoms with Crippen LogP contribution in [0.5, 0.6) is 0 Å². The van der Waals surface area contributed by atoms with Crippen LogP contribution in [0.1, 0.15) is 32.6 Å². The summed E-state index contributed by atoms with van der Waals surface area (Å²) in [4.78, 5) is 28.6. The second-order valence-electron chi connectivity index (χ2n) is 10.0. The van der Waals surface area contributed by atoms with Crippen molar-refractivity contribution in [1.82, 2.24) is 4.31 Å². The van der Waals surface area contributed by atoms with E-state index in [4.69, 9.17) is 0 Å². The number of amides is 1. The van der Waals surface area contributed by atoms with E-state index in [0.717, 1.165) is 23.8 Å². The number of halogens is 3. The summed E-state index contributed by atoms with van der Waals surface area (Å²) in [5, 5.41) is 0. The average Bonchev–Trinajstić information content (AvgIpc) is 3.42. The number of ketones is 1. The summed E-state index contributed by atoms with van der Waals surface area (Å²) < 4.78 is 69.0. The average molecular weight is 562 g/mol. The molecule has 4 aromatic rings. The molecule has 9 heteroatoms. The first-order valence-corrected chi connectivity index (χ1v) is 14.0. The van der Waals surface area contributed by atoms with Crippen LogP contribution >= 0.6 is 0 Å². The quantitative estimate of drug-likeness (QED) is 0.286. The summed E-state index contributed by atoms with van der Waals surface area (Å²) in [6.45, 7) is 1.27. The Balaban J connectivity index is 1.59. The Morgan fingerprint density at radius 1 is 0.850 bits per heavy atom. The minimum atomic E-state index is -4.69. The molecule has 1 aliphatic heterocycles. The van der Waals surface area contributed by atoms with E-state index < -0.39 is 51.3 Å². The van der Waals surface area contributed by atoms with Crippen LogP contribution < -0.4 is 0 Å². The SMILES string of the molecule is Cc1ccc(S(=O)(=O)N2CC(C(=O)c3cccc(C(F)(F)F)c3)C3(C2=O)c2ccccc2-c2ccccc23)cc1. The maximum Gasteiger partial charge on any atom is 0.416 e. The first-order chi connectivity index (χ1) is 19.0. The summed E-state index contributed by atoms with van der Waals surface area (Å²) in [5.74, 6) is -2.86. The first-order valence-electron chi connectivity index (χ1n) is 12.5. The van der Waals surface area contributed by atoms with Gasteiger partial charge in [-0.05, 0) is 53.4 Å². The number of rotatable bonds is 4. The third-order valence-corrected chi connectivity index (χ3v) is 9.59. The zero-order chi connectivity index (χ0) is 28.4. The summed E-state index contributed by atoms with van der Waals surface area (Å²) in [5.41, 5.74) is 0.0685. The Morgan fingerprint density at radius 3 is 2.00 bits per heavy atom. The Morgan fingerprint density at radius 2 is 1.43 bits per heavy atom. The highest BCUT2D eigenvalue weighted by Gasteiger charge is 2.64. The number of benzene rings is 4. The van der Waals surface area contributed by atoms with Crippen molar-refractivity contribution in [2.24, 2.45) is 5.92 Å². The molecule has 1 heterocycles. The zero-order valence-corrected chi connectivity index (χ0v) is 22.0. The number of sulfonamides is 1. The molecule has 6 rings (SSSR count). The van der Waals surface area contributed by atoms with E-state index in [1.54, 1.807) is 67.6 Å². The van der Waals surface area contributed by atoms with Crippen LogP contribution in [-0.2, 0) is 26.4 Å². The van der Waals surface area contributed by atoms with Crippen molar-refractivity contribution in [2.75, 3.05) is 6.54 Å². The van der Waals surface area contributed by atoms with Gasteiger partial charge in [0, 0.05) is 12.1 Å². The molecule has 1 atom stereocenters. The monoisotopic (exact) mass is 561 g/mol. The van der Waals surface area contributed by atoms with Crippen LogP contribution in [-0.4, -0.2) is 31.0 Å². The predicted molar refractivity (Wildman–Crippen MR) is 142 cm³/mol. The van der Waals surface area contributed by atoms with Gasteiger partial charge in [0.05, 0.1) is 16.4 Å². The maximum atomic E-state index is 14.5. The molecule has 1 spiro atoms. The second-order valence-corrected chi connectivity index (χ2v) is 11.9. The molecule has 0 radical (unpaired) electrons. The van der Waals surface area contributed by atoms with E-state index in [1.165, 1.54) is 18.2 Å². The van der Waals surface area contributed by atoms with Gasteiger partial charge in [0.1, 0.15) is 5.41 Å². The Hall–Kier alpha value is -4.24. The number of nitrogens with zero attached hydrogens (tertiary/aromatic N) is 1. The molecular weight excluding hydrogens is 539 g/mol. The van der Waals surface area contributed by atoms with Gasteiger partial charge in [0.15, 0.2) is 5.78 Å². The van der Waals surface area contributed by atoms with Crippen LogP contribution in [0, 0.1) is 12.8 Å². The van der Waals surface area contributed by atoms with Crippen LogP contribution in [0.2, 0.25) is 0 Å². The zero-order valence-electron chi connectivity index (χ0n) is 21.1. The predicted octanol–water partition coefficient (Wildman–Crippen LogP) is 6.01. The van der Waals surface area contributed by atoms with Gasteiger partial charge in [-0.1, -0.05) is 78.4 Å².